The number of halogens is 1. The van der Waals surface area contributed by atoms with E-state index in [1.807, 2.05) is 6.07 Å². The second-order valence-electron chi connectivity index (χ2n) is 7.94. The number of carbonyl (C=O) groups excluding carboxylic acids is 2. The number of rotatable bonds is 2. The van der Waals surface area contributed by atoms with Gasteiger partial charge in [-0.15, -0.1) is 11.3 Å². The molecule has 1 atom stereocenters. The van der Waals surface area contributed by atoms with Gasteiger partial charge < -0.3 is 5.11 Å². The summed E-state index contributed by atoms with van der Waals surface area (Å²) in [4.78, 5) is 26.4. The molecule has 0 aliphatic heterocycles. The molecule has 7 heteroatoms. The van der Waals surface area contributed by atoms with Crippen LogP contribution in [0.3, 0.4) is 0 Å². The van der Waals surface area contributed by atoms with E-state index in [1.54, 1.807) is 0 Å². The highest BCUT2D eigenvalue weighted by Crippen LogP contribution is 2.40. The zero-order valence-corrected chi connectivity index (χ0v) is 17.1. The Bertz CT molecular complexity index is 886. The summed E-state index contributed by atoms with van der Waals surface area (Å²) in [6, 6.07) is 6.04. The largest absolute Gasteiger partial charge is 0.506 e. The lowest BCUT2D eigenvalue weighted by atomic mass is 9.72. The molecule has 0 radical (unpaired) electrons. The first-order valence-electron chi connectivity index (χ1n) is 8.86. The number of hydrazine groups is 1. The van der Waals surface area contributed by atoms with Gasteiger partial charge in [-0.25, -0.2) is 0 Å². The summed E-state index contributed by atoms with van der Waals surface area (Å²) in [7, 11) is 0. The van der Waals surface area contributed by atoms with Crippen LogP contribution in [0.2, 0.25) is 5.02 Å². The van der Waals surface area contributed by atoms with Crippen molar-refractivity contribution in [3.63, 3.8) is 0 Å². The number of amides is 2. The molecule has 3 rings (SSSR count). The minimum absolute atomic E-state index is 0.0771. The normalized spacial score (nSPS) is 16.5. The summed E-state index contributed by atoms with van der Waals surface area (Å²) in [5.41, 5.74) is 6.58. The number of phenols is 1. The molecule has 0 saturated heterocycles. The van der Waals surface area contributed by atoms with Gasteiger partial charge in [0.2, 0.25) is 0 Å². The predicted octanol–water partition coefficient (Wildman–Crippen LogP) is 4.33. The maximum atomic E-state index is 12.4. The van der Waals surface area contributed by atoms with Crippen LogP contribution in [0.4, 0.5) is 0 Å². The zero-order valence-electron chi connectivity index (χ0n) is 15.6. The topological polar surface area (TPSA) is 78.4 Å². The molecule has 0 spiro atoms. The number of phenolic OH excluding ortho intramolecular Hbond substituents is 1. The number of thiophene rings is 1. The fourth-order valence-electron chi connectivity index (χ4n) is 3.27. The predicted molar refractivity (Wildman–Crippen MR) is 107 cm³/mol. The van der Waals surface area contributed by atoms with Crippen LogP contribution in [-0.4, -0.2) is 16.9 Å². The highest BCUT2D eigenvalue weighted by molar-refractivity contribution is 7.14. The molecule has 144 valence electrons. The molecule has 1 aromatic carbocycles. The van der Waals surface area contributed by atoms with Crippen molar-refractivity contribution >= 4 is 34.8 Å². The molecule has 0 saturated carbocycles. The third kappa shape index (κ3) is 4.45. The quantitative estimate of drug-likeness (QED) is 0.649. The number of aryl methyl sites for hydroxylation is 1. The molecule has 1 aliphatic rings. The first kappa shape index (κ1) is 19.7. The molecule has 3 N–H and O–H groups in total. The average molecular weight is 407 g/mol. The lowest BCUT2D eigenvalue weighted by molar-refractivity contribution is 0.0849. The number of hydrogen-bond donors (Lipinski definition) is 3. The first-order valence-corrected chi connectivity index (χ1v) is 10.1. The number of benzene rings is 1. The Morgan fingerprint density at radius 1 is 1.19 bits per heavy atom. The molecule has 1 aromatic heterocycles. The van der Waals surface area contributed by atoms with Crippen molar-refractivity contribution in [1.29, 1.82) is 0 Å². The van der Waals surface area contributed by atoms with Crippen molar-refractivity contribution in [2.45, 2.75) is 40.0 Å². The highest BCUT2D eigenvalue weighted by Gasteiger charge is 2.30. The molecule has 27 heavy (non-hydrogen) atoms. The Morgan fingerprint density at radius 2 is 1.89 bits per heavy atom. The fourth-order valence-corrected chi connectivity index (χ4v) is 4.55. The number of carbonyl (C=O) groups is 2. The number of fused-ring (bicyclic) bond motifs is 1. The Labute approximate surface area is 167 Å². The van der Waals surface area contributed by atoms with E-state index in [1.165, 1.54) is 40.0 Å². The van der Waals surface area contributed by atoms with Crippen LogP contribution < -0.4 is 10.9 Å². The van der Waals surface area contributed by atoms with Crippen LogP contribution in [0, 0.1) is 11.3 Å². The average Bonchev–Trinajstić information content (AvgIpc) is 3.04. The van der Waals surface area contributed by atoms with Gasteiger partial charge in [0.05, 0.1) is 9.90 Å². The smallest absolute Gasteiger partial charge is 0.279 e. The summed E-state index contributed by atoms with van der Waals surface area (Å²) in [6.45, 7) is 6.77. The summed E-state index contributed by atoms with van der Waals surface area (Å²) < 4.78 is 0. The molecular weight excluding hydrogens is 384 g/mol. The van der Waals surface area contributed by atoms with Crippen molar-refractivity contribution in [3.8, 4) is 5.75 Å². The van der Waals surface area contributed by atoms with Crippen LogP contribution in [0.15, 0.2) is 24.3 Å². The van der Waals surface area contributed by atoms with E-state index in [-0.39, 0.29) is 27.7 Å². The number of hydrogen-bond acceptors (Lipinski definition) is 4. The van der Waals surface area contributed by atoms with Crippen molar-refractivity contribution in [1.82, 2.24) is 10.9 Å². The fraction of sp³-hybridized carbons (Fsp3) is 0.400. The SMILES string of the molecule is CC(C)(C)C1CCc2sc(C(=O)NNC(=O)c3ccc(O)c(Cl)c3)cc2C1. The van der Waals surface area contributed by atoms with Crippen molar-refractivity contribution in [2.24, 2.45) is 11.3 Å². The van der Waals surface area contributed by atoms with E-state index in [0.717, 1.165) is 19.3 Å². The maximum absolute atomic E-state index is 12.4. The molecule has 0 fully saturated rings. The van der Waals surface area contributed by atoms with Gasteiger partial charge in [0.1, 0.15) is 5.75 Å². The van der Waals surface area contributed by atoms with Crippen molar-refractivity contribution in [2.75, 3.05) is 0 Å². The van der Waals surface area contributed by atoms with Gasteiger partial charge in [0, 0.05) is 10.4 Å². The number of nitrogens with one attached hydrogen (secondary N) is 2. The van der Waals surface area contributed by atoms with E-state index in [4.69, 9.17) is 11.6 Å². The van der Waals surface area contributed by atoms with Crippen molar-refractivity contribution < 1.29 is 14.7 Å². The summed E-state index contributed by atoms with van der Waals surface area (Å²) >= 11 is 7.29. The van der Waals surface area contributed by atoms with Crippen molar-refractivity contribution in [3.05, 3.63) is 50.2 Å². The molecule has 2 aromatic rings. The molecule has 2 amide bonds. The van der Waals surface area contributed by atoms with Crippen LogP contribution in [0.5, 0.6) is 5.75 Å². The molecule has 1 aliphatic carbocycles. The lowest BCUT2D eigenvalue weighted by Crippen LogP contribution is -2.41. The summed E-state index contributed by atoms with van der Waals surface area (Å²) in [6.07, 6.45) is 3.12. The standard InChI is InChI=1S/C20H23ClN2O3S/c1-20(2,3)13-5-7-16-12(8-13)10-17(27-16)19(26)23-22-18(25)11-4-6-15(24)14(21)9-11/h4,6,9-10,13,24H,5,7-8H2,1-3H3,(H,22,25)(H,23,26). The zero-order chi connectivity index (χ0) is 19.8. The Kier molecular flexibility index (Phi) is 5.49. The van der Waals surface area contributed by atoms with Crippen LogP contribution in [0.25, 0.3) is 0 Å². The van der Waals surface area contributed by atoms with Gasteiger partial charge in [-0.05, 0) is 60.4 Å². The minimum atomic E-state index is -0.501. The Balaban J connectivity index is 1.63. The van der Waals surface area contributed by atoms with Gasteiger partial charge in [-0.2, -0.15) is 0 Å². The Morgan fingerprint density at radius 3 is 2.56 bits per heavy atom. The van der Waals surface area contributed by atoms with Gasteiger partial charge in [-0.1, -0.05) is 32.4 Å². The van der Waals surface area contributed by atoms with E-state index >= 15 is 0 Å². The first-order chi connectivity index (χ1) is 12.6. The summed E-state index contributed by atoms with van der Waals surface area (Å²) in [5.74, 6) is -0.330. The van der Waals surface area contributed by atoms with Gasteiger partial charge in [0.15, 0.2) is 0 Å². The highest BCUT2D eigenvalue weighted by atomic mass is 35.5. The van der Waals surface area contributed by atoms with E-state index in [0.29, 0.717) is 10.8 Å². The molecular formula is C20H23ClN2O3S. The van der Waals surface area contributed by atoms with E-state index in [9.17, 15) is 14.7 Å². The molecule has 1 unspecified atom stereocenters. The maximum Gasteiger partial charge on any atom is 0.279 e. The van der Waals surface area contributed by atoms with Gasteiger partial charge >= 0.3 is 0 Å². The molecule has 0 bridgehead atoms. The third-order valence-corrected chi connectivity index (χ3v) is 6.57. The van der Waals surface area contributed by atoms with Crippen LogP contribution in [-0.2, 0) is 12.8 Å². The van der Waals surface area contributed by atoms with Gasteiger partial charge in [-0.3, -0.25) is 20.4 Å². The molecule has 1 heterocycles. The van der Waals surface area contributed by atoms with E-state index < -0.39 is 5.91 Å². The van der Waals surface area contributed by atoms with Crippen LogP contribution >= 0.6 is 22.9 Å². The molecule has 5 nitrogen and oxygen atoms in total. The van der Waals surface area contributed by atoms with E-state index in [2.05, 4.69) is 31.6 Å². The second kappa shape index (κ2) is 7.52. The number of aromatic hydroxyl groups is 1. The van der Waals surface area contributed by atoms with Crippen LogP contribution in [0.1, 0.15) is 57.7 Å². The summed E-state index contributed by atoms with van der Waals surface area (Å²) in [5, 5.41) is 9.49. The monoisotopic (exact) mass is 406 g/mol. The minimum Gasteiger partial charge on any atom is -0.506 e. The Hall–Kier alpha value is -2.05. The third-order valence-electron chi connectivity index (χ3n) is 5.03. The lowest BCUT2D eigenvalue weighted by Gasteiger charge is -2.33. The van der Waals surface area contributed by atoms with Gasteiger partial charge in [0.25, 0.3) is 11.8 Å². The second-order valence-corrected chi connectivity index (χ2v) is 9.48.